The monoisotopic (exact) mass is 489 g/mol. The van der Waals surface area contributed by atoms with Crippen molar-refractivity contribution in [3.05, 3.63) is 62.4 Å². The Morgan fingerprint density at radius 3 is 2.68 bits per heavy atom. The zero-order valence-electron chi connectivity index (χ0n) is 17.7. The number of Topliss-reactive ketones (excluding diaryl/α,β-unsaturated/α-hetero) is 1. The Morgan fingerprint density at radius 2 is 1.94 bits per heavy atom. The molecule has 0 unspecified atom stereocenters. The molecule has 0 saturated heterocycles. The fraction of sp³-hybridized carbons (Fsp3) is 0.364. The number of carbonyl (C=O) groups excluding carboxylic acids is 2. The van der Waals surface area contributed by atoms with Crippen LogP contribution in [0.3, 0.4) is 0 Å². The molecule has 164 valence electrons. The Labute approximate surface area is 187 Å². The molecule has 0 spiro atoms. The lowest BCUT2D eigenvalue weighted by atomic mass is 10.1. The second kappa shape index (κ2) is 10.0. The Balaban J connectivity index is 1.59. The van der Waals surface area contributed by atoms with Crippen LogP contribution < -0.4 is 5.56 Å². The number of ether oxygens (including phenoxy) is 2. The van der Waals surface area contributed by atoms with Gasteiger partial charge in [-0.1, -0.05) is 15.9 Å². The highest BCUT2D eigenvalue weighted by Gasteiger charge is 2.17. The van der Waals surface area contributed by atoms with Crippen LogP contribution in [0.5, 0.6) is 0 Å². The molecule has 0 amide bonds. The van der Waals surface area contributed by atoms with Crippen molar-refractivity contribution < 1.29 is 19.1 Å². The summed E-state index contributed by atoms with van der Waals surface area (Å²) >= 11 is 3.34. The van der Waals surface area contributed by atoms with E-state index in [1.807, 2.05) is 24.5 Å². The van der Waals surface area contributed by atoms with E-state index in [1.54, 1.807) is 25.3 Å². The van der Waals surface area contributed by atoms with E-state index < -0.39 is 5.97 Å². The lowest BCUT2D eigenvalue weighted by Crippen LogP contribution is -2.23. The van der Waals surface area contributed by atoms with Crippen LogP contribution in [0, 0.1) is 13.8 Å². The molecule has 0 bridgehead atoms. The standard InChI is InChI=1S/C22H24BrN3O5/c1-14-10-17(15(2)26(14)8-9-30-3)20(27)12-31-21(28)6-7-25-13-24-19-5-4-16(23)11-18(19)22(25)29/h4-5,10-11,13H,6-9,12H2,1-3H3. The number of rotatable bonds is 9. The summed E-state index contributed by atoms with van der Waals surface area (Å²) in [6, 6.07) is 7.04. The molecule has 1 aromatic carbocycles. The van der Waals surface area contributed by atoms with Gasteiger partial charge in [0.2, 0.25) is 5.78 Å². The predicted molar refractivity (Wildman–Crippen MR) is 119 cm³/mol. The highest BCUT2D eigenvalue weighted by atomic mass is 79.9. The van der Waals surface area contributed by atoms with Crippen LogP contribution in [0.2, 0.25) is 0 Å². The number of halogens is 1. The van der Waals surface area contributed by atoms with Crippen molar-refractivity contribution in [1.29, 1.82) is 0 Å². The highest BCUT2D eigenvalue weighted by molar-refractivity contribution is 9.10. The molecule has 0 radical (unpaired) electrons. The van der Waals surface area contributed by atoms with E-state index in [1.165, 1.54) is 10.9 Å². The maximum atomic E-state index is 12.6. The summed E-state index contributed by atoms with van der Waals surface area (Å²) in [5, 5.41) is 0.462. The van der Waals surface area contributed by atoms with Gasteiger partial charge in [-0.25, -0.2) is 4.98 Å². The molecule has 2 heterocycles. The summed E-state index contributed by atoms with van der Waals surface area (Å²) in [7, 11) is 1.63. The van der Waals surface area contributed by atoms with Gasteiger partial charge >= 0.3 is 5.97 Å². The first-order valence-electron chi connectivity index (χ1n) is 9.81. The molecule has 0 fully saturated rings. The van der Waals surface area contributed by atoms with E-state index in [-0.39, 0.29) is 30.9 Å². The molecule has 2 aromatic heterocycles. The second-order valence-electron chi connectivity index (χ2n) is 7.17. The summed E-state index contributed by atoms with van der Waals surface area (Å²) in [4.78, 5) is 41.5. The van der Waals surface area contributed by atoms with Crippen LogP contribution in [0.1, 0.15) is 28.2 Å². The fourth-order valence-electron chi connectivity index (χ4n) is 3.41. The largest absolute Gasteiger partial charge is 0.457 e. The van der Waals surface area contributed by atoms with E-state index in [4.69, 9.17) is 9.47 Å². The molecule has 3 aromatic rings. The fourth-order valence-corrected chi connectivity index (χ4v) is 3.77. The van der Waals surface area contributed by atoms with Crippen LogP contribution in [0.4, 0.5) is 0 Å². The first kappa shape index (κ1) is 22.9. The Hall–Kier alpha value is -2.78. The zero-order valence-corrected chi connectivity index (χ0v) is 19.3. The van der Waals surface area contributed by atoms with Gasteiger partial charge in [0, 0.05) is 41.6 Å². The third-order valence-electron chi connectivity index (χ3n) is 5.10. The van der Waals surface area contributed by atoms with E-state index in [0.717, 1.165) is 15.9 Å². The Morgan fingerprint density at radius 1 is 1.16 bits per heavy atom. The van der Waals surface area contributed by atoms with Gasteiger partial charge in [0.1, 0.15) is 0 Å². The van der Waals surface area contributed by atoms with Crippen molar-refractivity contribution >= 4 is 38.6 Å². The van der Waals surface area contributed by atoms with Crippen LogP contribution in [0.25, 0.3) is 10.9 Å². The maximum Gasteiger partial charge on any atom is 0.308 e. The first-order valence-corrected chi connectivity index (χ1v) is 10.6. The number of carbonyl (C=O) groups is 2. The summed E-state index contributed by atoms with van der Waals surface area (Å²) in [5.41, 5.74) is 2.64. The minimum Gasteiger partial charge on any atom is -0.457 e. The van der Waals surface area contributed by atoms with Gasteiger partial charge in [0.15, 0.2) is 6.61 Å². The third-order valence-corrected chi connectivity index (χ3v) is 5.59. The van der Waals surface area contributed by atoms with E-state index in [0.29, 0.717) is 29.6 Å². The molecule has 0 aliphatic rings. The smallest absolute Gasteiger partial charge is 0.308 e. The maximum absolute atomic E-state index is 12.6. The van der Waals surface area contributed by atoms with Crippen molar-refractivity contribution in [2.75, 3.05) is 20.3 Å². The number of hydrogen-bond donors (Lipinski definition) is 0. The molecular weight excluding hydrogens is 466 g/mol. The summed E-state index contributed by atoms with van der Waals surface area (Å²) in [6.45, 7) is 4.73. The summed E-state index contributed by atoms with van der Waals surface area (Å²) in [5.74, 6) is -0.817. The number of fused-ring (bicyclic) bond motifs is 1. The van der Waals surface area contributed by atoms with Gasteiger partial charge in [-0.15, -0.1) is 0 Å². The number of esters is 1. The lowest BCUT2D eigenvalue weighted by Gasteiger charge is -2.09. The number of aromatic nitrogens is 3. The summed E-state index contributed by atoms with van der Waals surface area (Å²) < 4.78 is 14.4. The third kappa shape index (κ3) is 5.29. The molecule has 8 nitrogen and oxygen atoms in total. The molecule has 31 heavy (non-hydrogen) atoms. The Bertz CT molecular complexity index is 1180. The van der Waals surface area contributed by atoms with Crippen molar-refractivity contribution in [3.63, 3.8) is 0 Å². The normalized spacial score (nSPS) is 11.1. The number of methoxy groups -OCH3 is 1. The topological polar surface area (TPSA) is 92.4 Å². The van der Waals surface area contributed by atoms with Crippen molar-refractivity contribution in [2.45, 2.75) is 33.4 Å². The quantitative estimate of drug-likeness (QED) is 0.338. The molecule has 0 aliphatic heterocycles. The zero-order chi connectivity index (χ0) is 22.5. The molecule has 3 rings (SSSR count). The van der Waals surface area contributed by atoms with Crippen molar-refractivity contribution in [3.8, 4) is 0 Å². The average Bonchev–Trinajstić information content (AvgIpc) is 3.03. The number of nitrogens with zero attached hydrogens (tertiary/aromatic N) is 3. The van der Waals surface area contributed by atoms with Crippen LogP contribution in [-0.2, 0) is 27.4 Å². The molecule has 0 aliphatic carbocycles. The minimum atomic E-state index is -0.553. The molecule has 9 heteroatoms. The van der Waals surface area contributed by atoms with Gasteiger partial charge < -0.3 is 14.0 Å². The molecule has 0 N–H and O–H groups in total. The van der Waals surface area contributed by atoms with Gasteiger partial charge in [-0.05, 0) is 38.1 Å². The highest BCUT2D eigenvalue weighted by Crippen LogP contribution is 2.16. The van der Waals surface area contributed by atoms with Gasteiger partial charge in [-0.3, -0.25) is 19.0 Å². The van der Waals surface area contributed by atoms with Crippen LogP contribution in [-0.4, -0.2) is 46.2 Å². The van der Waals surface area contributed by atoms with Crippen molar-refractivity contribution in [2.24, 2.45) is 0 Å². The predicted octanol–water partition coefficient (Wildman–Crippen LogP) is 3.04. The molecular formula is C22H24BrN3O5. The molecule has 0 atom stereocenters. The van der Waals surface area contributed by atoms with Gasteiger partial charge in [-0.2, -0.15) is 0 Å². The number of benzene rings is 1. The van der Waals surface area contributed by atoms with Crippen LogP contribution in [0.15, 0.2) is 39.9 Å². The van der Waals surface area contributed by atoms with E-state index in [9.17, 15) is 14.4 Å². The molecule has 0 saturated carbocycles. The second-order valence-corrected chi connectivity index (χ2v) is 8.08. The summed E-state index contributed by atoms with van der Waals surface area (Å²) in [6.07, 6.45) is 1.37. The Kier molecular flexibility index (Phi) is 7.40. The van der Waals surface area contributed by atoms with Crippen molar-refractivity contribution in [1.82, 2.24) is 14.1 Å². The van der Waals surface area contributed by atoms with Crippen LogP contribution >= 0.6 is 15.9 Å². The van der Waals surface area contributed by atoms with Gasteiger partial charge in [0.05, 0.1) is 30.3 Å². The lowest BCUT2D eigenvalue weighted by molar-refractivity contribution is -0.142. The number of aryl methyl sites for hydroxylation is 2. The minimum absolute atomic E-state index is 0.0404. The average molecular weight is 490 g/mol. The van der Waals surface area contributed by atoms with E-state index >= 15 is 0 Å². The first-order chi connectivity index (χ1) is 14.8. The number of ketones is 1. The van der Waals surface area contributed by atoms with Gasteiger partial charge in [0.25, 0.3) is 5.56 Å². The number of hydrogen-bond acceptors (Lipinski definition) is 6. The van der Waals surface area contributed by atoms with E-state index in [2.05, 4.69) is 20.9 Å². The SMILES string of the molecule is COCCn1c(C)cc(C(=O)COC(=O)CCn2cnc3ccc(Br)cc3c2=O)c1C.